The summed E-state index contributed by atoms with van der Waals surface area (Å²) in [7, 11) is 0. The zero-order valence-electron chi connectivity index (χ0n) is 8.67. The zero-order chi connectivity index (χ0) is 11.2. The van der Waals surface area contributed by atoms with Gasteiger partial charge in [0.05, 0.1) is 6.61 Å². The average Bonchev–Trinajstić information content (AvgIpc) is 2.84. The summed E-state index contributed by atoms with van der Waals surface area (Å²) in [5.41, 5.74) is 1.05. The van der Waals surface area contributed by atoms with E-state index in [0.29, 0.717) is 6.61 Å². The number of aromatic nitrogens is 2. The Hall–Kier alpha value is -1.94. The lowest BCUT2D eigenvalue weighted by Gasteiger charge is -2.03. The third kappa shape index (κ3) is 2.77. The van der Waals surface area contributed by atoms with E-state index in [9.17, 15) is 4.79 Å². The lowest BCUT2D eigenvalue weighted by Crippen LogP contribution is -2.15. The average molecular weight is 215 g/mol. The van der Waals surface area contributed by atoms with Crippen LogP contribution in [0.2, 0.25) is 0 Å². The van der Waals surface area contributed by atoms with E-state index in [0.717, 1.165) is 5.56 Å². The molecule has 1 radical (unpaired) electrons. The summed E-state index contributed by atoms with van der Waals surface area (Å²) in [6.45, 7) is 0.461. The van der Waals surface area contributed by atoms with E-state index in [1.807, 2.05) is 30.3 Å². The van der Waals surface area contributed by atoms with Crippen molar-refractivity contribution in [3.8, 4) is 0 Å². The maximum Gasteiger partial charge on any atom is 0.258 e. The van der Waals surface area contributed by atoms with Crippen molar-refractivity contribution in [1.82, 2.24) is 9.55 Å². The molecule has 1 aromatic heterocycles. The van der Waals surface area contributed by atoms with Gasteiger partial charge in [-0.1, -0.05) is 30.3 Å². The molecule has 0 aliphatic heterocycles. The number of imidazole rings is 1. The van der Waals surface area contributed by atoms with Gasteiger partial charge in [0.15, 0.2) is 6.33 Å². The smallest absolute Gasteiger partial charge is 0.258 e. The zero-order valence-corrected chi connectivity index (χ0v) is 8.67. The summed E-state index contributed by atoms with van der Waals surface area (Å²) in [6, 6.07) is 9.71. The maximum atomic E-state index is 11.5. The normalized spacial score (nSPS) is 10.2. The SMILES string of the molecule is O=C(COCc1ccccc1)n1[c]ncc1. The highest BCUT2D eigenvalue weighted by atomic mass is 16.5. The molecule has 0 aliphatic carbocycles. The van der Waals surface area contributed by atoms with Gasteiger partial charge in [0, 0.05) is 12.4 Å². The lowest BCUT2D eigenvalue weighted by atomic mass is 10.2. The fourth-order valence-corrected chi connectivity index (χ4v) is 1.27. The van der Waals surface area contributed by atoms with Crippen molar-refractivity contribution in [3.63, 3.8) is 0 Å². The van der Waals surface area contributed by atoms with Crippen molar-refractivity contribution in [2.24, 2.45) is 0 Å². The molecule has 16 heavy (non-hydrogen) atoms. The van der Waals surface area contributed by atoms with Crippen LogP contribution in [-0.2, 0) is 11.3 Å². The number of benzene rings is 1. The van der Waals surface area contributed by atoms with Crippen molar-refractivity contribution >= 4 is 5.91 Å². The molecular formula is C12H11N2O2. The van der Waals surface area contributed by atoms with Crippen LogP contribution >= 0.6 is 0 Å². The van der Waals surface area contributed by atoms with E-state index in [1.54, 1.807) is 6.20 Å². The minimum absolute atomic E-state index is 0.0295. The standard InChI is InChI=1S/C12H11N2O2/c15-12(14-7-6-13-10-14)9-16-8-11-4-2-1-3-5-11/h1-7H,8-9H2. The van der Waals surface area contributed by atoms with E-state index in [4.69, 9.17) is 4.74 Å². The maximum absolute atomic E-state index is 11.5. The topological polar surface area (TPSA) is 44.1 Å². The van der Waals surface area contributed by atoms with Gasteiger partial charge in [-0.15, -0.1) is 0 Å². The number of carbonyl (C=O) groups excluding carboxylic acids is 1. The summed E-state index contributed by atoms with van der Waals surface area (Å²) in [5, 5.41) is 0. The van der Waals surface area contributed by atoms with E-state index in [2.05, 4.69) is 11.3 Å². The fraction of sp³-hybridized carbons (Fsp3) is 0.167. The molecule has 0 N–H and O–H groups in total. The number of ether oxygens (including phenoxy) is 1. The molecule has 0 unspecified atom stereocenters. The monoisotopic (exact) mass is 215 g/mol. The quantitative estimate of drug-likeness (QED) is 0.777. The van der Waals surface area contributed by atoms with Gasteiger partial charge in [-0.3, -0.25) is 9.36 Å². The first kappa shape index (κ1) is 10.6. The minimum Gasteiger partial charge on any atom is -0.367 e. The van der Waals surface area contributed by atoms with Crippen LogP contribution in [0.5, 0.6) is 0 Å². The van der Waals surface area contributed by atoms with Gasteiger partial charge in [-0.25, -0.2) is 4.98 Å². The molecular weight excluding hydrogens is 204 g/mol. The first-order valence-corrected chi connectivity index (χ1v) is 4.92. The molecule has 0 aliphatic rings. The Labute approximate surface area is 93.5 Å². The molecule has 0 fully saturated rings. The summed E-state index contributed by atoms with van der Waals surface area (Å²) in [4.78, 5) is 15.1. The molecule has 1 aromatic carbocycles. The third-order valence-corrected chi connectivity index (χ3v) is 2.06. The van der Waals surface area contributed by atoms with Crippen molar-refractivity contribution in [2.75, 3.05) is 6.61 Å². The van der Waals surface area contributed by atoms with Crippen LogP contribution in [0.15, 0.2) is 42.7 Å². The van der Waals surface area contributed by atoms with Crippen molar-refractivity contribution < 1.29 is 9.53 Å². The molecule has 0 amide bonds. The van der Waals surface area contributed by atoms with Crippen molar-refractivity contribution in [3.05, 3.63) is 54.6 Å². The van der Waals surface area contributed by atoms with E-state index < -0.39 is 0 Å². The van der Waals surface area contributed by atoms with E-state index in [-0.39, 0.29) is 12.5 Å². The van der Waals surface area contributed by atoms with Crippen LogP contribution in [0.4, 0.5) is 0 Å². The Kier molecular flexibility index (Phi) is 3.46. The molecule has 4 heteroatoms. The van der Waals surface area contributed by atoms with Crippen LogP contribution in [0.25, 0.3) is 0 Å². The third-order valence-electron chi connectivity index (χ3n) is 2.06. The largest absolute Gasteiger partial charge is 0.367 e. The van der Waals surface area contributed by atoms with Crippen LogP contribution in [-0.4, -0.2) is 22.1 Å². The number of rotatable bonds is 4. The Morgan fingerprint density at radius 3 is 2.88 bits per heavy atom. The highest BCUT2D eigenvalue weighted by Crippen LogP contribution is 2.00. The molecule has 2 rings (SSSR count). The van der Waals surface area contributed by atoms with Gasteiger partial charge in [0.1, 0.15) is 6.61 Å². The number of nitrogens with zero attached hydrogens (tertiary/aromatic N) is 2. The number of hydrogen-bond acceptors (Lipinski definition) is 3. The highest BCUT2D eigenvalue weighted by Gasteiger charge is 2.03. The Bertz CT molecular complexity index is 437. The van der Waals surface area contributed by atoms with Gasteiger partial charge in [-0.05, 0) is 5.56 Å². The first-order valence-electron chi connectivity index (χ1n) is 4.92. The Morgan fingerprint density at radius 2 is 2.19 bits per heavy atom. The molecule has 0 saturated heterocycles. The van der Waals surface area contributed by atoms with Gasteiger partial charge in [-0.2, -0.15) is 0 Å². The number of hydrogen-bond donors (Lipinski definition) is 0. The fourth-order valence-electron chi connectivity index (χ4n) is 1.27. The molecule has 4 nitrogen and oxygen atoms in total. The molecule has 0 saturated carbocycles. The van der Waals surface area contributed by atoms with Gasteiger partial charge >= 0.3 is 0 Å². The first-order chi connectivity index (χ1) is 7.86. The molecule has 2 aromatic rings. The predicted octanol–water partition coefficient (Wildman–Crippen LogP) is 1.54. The molecule has 0 spiro atoms. The minimum atomic E-state index is -0.173. The number of carbonyl (C=O) groups is 1. The second-order valence-corrected chi connectivity index (χ2v) is 3.27. The van der Waals surface area contributed by atoms with Crippen molar-refractivity contribution in [2.45, 2.75) is 6.61 Å². The van der Waals surface area contributed by atoms with Crippen LogP contribution in [0, 0.1) is 6.33 Å². The van der Waals surface area contributed by atoms with E-state index in [1.165, 1.54) is 10.8 Å². The molecule has 0 atom stereocenters. The predicted molar refractivity (Wildman–Crippen MR) is 57.8 cm³/mol. The molecule has 1 heterocycles. The second-order valence-electron chi connectivity index (χ2n) is 3.27. The Balaban J connectivity index is 1.79. The van der Waals surface area contributed by atoms with Crippen LogP contribution < -0.4 is 0 Å². The summed E-state index contributed by atoms with van der Waals surface area (Å²) in [5.74, 6) is -0.173. The van der Waals surface area contributed by atoms with Gasteiger partial charge < -0.3 is 4.74 Å². The molecule has 81 valence electrons. The summed E-state index contributed by atoms with van der Waals surface area (Å²) < 4.78 is 6.57. The summed E-state index contributed by atoms with van der Waals surface area (Å²) in [6.07, 6.45) is 5.58. The summed E-state index contributed by atoms with van der Waals surface area (Å²) >= 11 is 0. The van der Waals surface area contributed by atoms with Crippen LogP contribution in [0.3, 0.4) is 0 Å². The molecule has 0 bridgehead atoms. The van der Waals surface area contributed by atoms with Gasteiger partial charge in [0.25, 0.3) is 5.91 Å². The highest BCUT2D eigenvalue weighted by molar-refractivity contribution is 5.79. The van der Waals surface area contributed by atoms with Crippen molar-refractivity contribution in [1.29, 1.82) is 0 Å². The lowest BCUT2D eigenvalue weighted by molar-refractivity contribution is 0.0642. The Morgan fingerprint density at radius 1 is 1.38 bits per heavy atom. The second kappa shape index (κ2) is 5.23. The van der Waals surface area contributed by atoms with E-state index >= 15 is 0 Å². The van der Waals surface area contributed by atoms with Gasteiger partial charge in [0.2, 0.25) is 0 Å². The van der Waals surface area contributed by atoms with Crippen LogP contribution in [0.1, 0.15) is 10.4 Å².